The quantitative estimate of drug-likeness (QED) is 0.587. The molecular formula is C14H22N2OS. The van der Waals surface area contributed by atoms with Crippen LogP contribution in [0.2, 0.25) is 0 Å². The lowest BCUT2D eigenvalue weighted by atomic mass is 10.1. The van der Waals surface area contributed by atoms with Gasteiger partial charge in [0.1, 0.15) is 0 Å². The highest BCUT2D eigenvalue weighted by atomic mass is 32.1. The molecule has 0 bridgehead atoms. The molecular weight excluding hydrogens is 244 g/mol. The number of hydrogen-bond acceptors (Lipinski definition) is 2. The molecule has 0 saturated heterocycles. The summed E-state index contributed by atoms with van der Waals surface area (Å²) in [5, 5.41) is 7.02. The maximum atomic E-state index is 5.26. The SMILES string of the molecule is CCOCCCNC(=S)Nc1cccc(CC)c1. The first-order valence-electron chi connectivity index (χ1n) is 6.47. The van der Waals surface area contributed by atoms with Gasteiger partial charge < -0.3 is 15.4 Å². The van der Waals surface area contributed by atoms with Crippen molar-refractivity contribution in [1.82, 2.24) is 5.32 Å². The normalized spacial score (nSPS) is 10.1. The van der Waals surface area contributed by atoms with Crippen LogP contribution in [-0.4, -0.2) is 24.9 Å². The van der Waals surface area contributed by atoms with Crippen molar-refractivity contribution in [1.29, 1.82) is 0 Å². The summed E-state index contributed by atoms with van der Waals surface area (Å²) in [6.07, 6.45) is 1.99. The standard InChI is InChI=1S/C14H22N2OS/c1-3-12-7-5-8-13(11-12)16-14(18)15-9-6-10-17-4-2/h5,7-8,11H,3-4,6,9-10H2,1-2H3,(H2,15,16,18). The predicted octanol–water partition coefficient (Wildman–Crippen LogP) is 2.96. The fourth-order valence-corrected chi connectivity index (χ4v) is 1.78. The van der Waals surface area contributed by atoms with Crippen LogP contribution in [-0.2, 0) is 11.2 Å². The van der Waals surface area contributed by atoms with Crippen LogP contribution >= 0.6 is 12.2 Å². The molecule has 1 rings (SSSR count). The first kappa shape index (κ1) is 14.9. The van der Waals surface area contributed by atoms with E-state index >= 15 is 0 Å². The van der Waals surface area contributed by atoms with Gasteiger partial charge in [0.2, 0.25) is 0 Å². The molecule has 2 N–H and O–H groups in total. The summed E-state index contributed by atoms with van der Waals surface area (Å²) in [7, 11) is 0. The molecule has 3 nitrogen and oxygen atoms in total. The highest BCUT2D eigenvalue weighted by Gasteiger charge is 1.98. The average molecular weight is 266 g/mol. The minimum Gasteiger partial charge on any atom is -0.382 e. The van der Waals surface area contributed by atoms with Crippen LogP contribution in [0.15, 0.2) is 24.3 Å². The Bertz CT molecular complexity index is 369. The van der Waals surface area contributed by atoms with E-state index in [0.717, 1.165) is 38.3 Å². The van der Waals surface area contributed by atoms with E-state index in [1.165, 1.54) is 5.56 Å². The monoisotopic (exact) mass is 266 g/mol. The Labute approximate surface area is 115 Å². The second-order valence-corrected chi connectivity index (χ2v) is 4.39. The van der Waals surface area contributed by atoms with Crippen LogP contribution in [0.25, 0.3) is 0 Å². The average Bonchev–Trinajstić information content (AvgIpc) is 2.38. The largest absolute Gasteiger partial charge is 0.382 e. The Balaban J connectivity index is 2.26. The molecule has 0 fully saturated rings. The van der Waals surface area contributed by atoms with Crippen molar-refractivity contribution in [2.75, 3.05) is 25.1 Å². The number of aryl methyl sites for hydroxylation is 1. The van der Waals surface area contributed by atoms with Gasteiger partial charge in [-0.05, 0) is 49.7 Å². The molecule has 18 heavy (non-hydrogen) atoms. The molecule has 0 aromatic heterocycles. The number of ether oxygens (including phenoxy) is 1. The van der Waals surface area contributed by atoms with Crippen LogP contribution in [0.1, 0.15) is 25.8 Å². The Morgan fingerprint density at radius 3 is 2.89 bits per heavy atom. The van der Waals surface area contributed by atoms with E-state index in [1.807, 2.05) is 19.1 Å². The van der Waals surface area contributed by atoms with Crippen LogP contribution in [0.3, 0.4) is 0 Å². The van der Waals surface area contributed by atoms with Crippen molar-refractivity contribution < 1.29 is 4.74 Å². The number of rotatable bonds is 7. The zero-order valence-electron chi connectivity index (χ0n) is 11.2. The Hall–Kier alpha value is -1.13. The summed E-state index contributed by atoms with van der Waals surface area (Å²) in [5.74, 6) is 0. The van der Waals surface area contributed by atoms with Crippen molar-refractivity contribution in [3.63, 3.8) is 0 Å². The van der Waals surface area contributed by atoms with Gasteiger partial charge >= 0.3 is 0 Å². The van der Waals surface area contributed by atoms with Crippen LogP contribution in [0.5, 0.6) is 0 Å². The van der Waals surface area contributed by atoms with Crippen LogP contribution in [0, 0.1) is 0 Å². The summed E-state index contributed by atoms with van der Waals surface area (Å²) in [6, 6.07) is 8.30. The lowest BCUT2D eigenvalue weighted by molar-refractivity contribution is 0.146. The minimum absolute atomic E-state index is 0.666. The van der Waals surface area contributed by atoms with E-state index in [2.05, 4.69) is 29.7 Å². The fraction of sp³-hybridized carbons (Fsp3) is 0.500. The third kappa shape index (κ3) is 5.98. The van der Waals surface area contributed by atoms with Crippen molar-refractivity contribution in [2.45, 2.75) is 26.7 Å². The Morgan fingerprint density at radius 2 is 2.17 bits per heavy atom. The fourth-order valence-electron chi connectivity index (χ4n) is 1.56. The van der Waals surface area contributed by atoms with Gasteiger partial charge in [-0.15, -0.1) is 0 Å². The number of anilines is 1. The molecule has 0 atom stereocenters. The summed E-state index contributed by atoms with van der Waals surface area (Å²) < 4.78 is 5.26. The van der Waals surface area contributed by atoms with Gasteiger partial charge in [0.05, 0.1) is 0 Å². The van der Waals surface area contributed by atoms with E-state index in [1.54, 1.807) is 0 Å². The van der Waals surface area contributed by atoms with Crippen molar-refractivity contribution in [2.24, 2.45) is 0 Å². The highest BCUT2D eigenvalue weighted by Crippen LogP contribution is 2.10. The van der Waals surface area contributed by atoms with Gasteiger partial charge in [0.15, 0.2) is 5.11 Å². The van der Waals surface area contributed by atoms with E-state index < -0.39 is 0 Å². The van der Waals surface area contributed by atoms with Gasteiger partial charge in [-0.25, -0.2) is 0 Å². The van der Waals surface area contributed by atoms with E-state index in [0.29, 0.717) is 5.11 Å². The Morgan fingerprint density at radius 1 is 1.33 bits per heavy atom. The molecule has 0 spiro atoms. The lowest BCUT2D eigenvalue weighted by Crippen LogP contribution is -2.29. The van der Waals surface area contributed by atoms with Crippen molar-refractivity contribution >= 4 is 23.0 Å². The summed E-state index contributed by atoms with van der Waals surface area (Å²) in [5.41, 5.74) is 2.34. The third-order valence-corrected chi connectivity index (χ3v) is 2.79. The minimum atomic E-state index is 0.666. The molecule has 0 radical (unpaired) electrons. The zero-order chi connectivity index (χ0) is 13.2. The molecule has 0 unspecified atom stereocenters. The first-order chi connectivity index (χ1) is 8.76. The lowest BCUT2D eigenvalue weighted by Gasteiger charge is -2.11. The van der Waals surface area contributed by atoms with Gasteiger partial charge in [-0.3, -0.25) is 0 Å². The molecule has 1 aromatic rings. The topological polar surface area (TPSA) is 33.3 Å². The van der Waals surface area contributed by atoms with Gasteiger partial charge in [0.25, 0.3) is 0 Å². The Kier molecular flexibility index (Phi) is 7.37. The van der Waals surface area contributed by atoms with Gasteiger partial charge in [0, 0.05) is 25.4 Å². The maximum absolute atomic E-state index is 5.26. The van der Waals surface area contributed by atoms with Crippen molar-refractivity contribution in [3.05, 3.63) is 29.8 Å². The number of nitrogens with one attached hydrogen (secondary N) is 2. The molecule has 0 heterocycles. The van der Waals surface area contributed by atoms with E-state index in [4.69, 9.17) is 17.0 Å². The summed E-state index contributed by atoms with van der Waals surface area (Å²) in [6.45, 7) is 6.52. The molecule has 4 heteroatoms. The van der Waals surface area contributed by atoms with Gasteiger partial charge in [-0.1, -0.05) is 19.1 Å². The molecule has 0 aliphatic heterocycles. The van der Waals surface area contributed by atoms with Crippen LogP contribution in [0.4, 0.5) is 5.69 Å². The molecule has 0 saturated carbocycles. The first-order valence-corrected chi connectivity index (χ1v) is 6.88. The second-order valence-electron chi connectivity index (χ2n) is 3.99. The second kappa shape index (κ2) is 8.89. The molecule has 1 aromatic carbocycles. The van der Waals surface area contributed by atoms with Crippen molar-refractivity contribution in [3.8, 4) is 0 Å². The highest BCUT2D eigenvalue weighted by molar-refractivity contribution is 7.80. The smallest absolute Gasteiger partial charge is 0.170 e. The summed E-state index contributed by atoms with van der Waals surface area (Å²) >= 11 is 5.23. The molecule has 0 aliphatic rings. The van der Waals surface area contributed by atoms with Crippen LogP contribution < -0.4 is 10.6 Å². The molecule has 100 valence electrons. The number of hydrogen-bond donors (Lipinski definition) is 2. The third-order valence-electron chi connectivity index (χ3n) is 2.55. The maximum Gasteiger partial charge on any atom is 0.170 e. The number of benzene rings is 1. The molecule has 0 amide bonds. The van der Waals surface area contributed by atoms with E-state index in [9.17, 15) is 0 Å². The zero-order valence-corrected chi connectivity index (χ0v) is 12.0. The van der Waals surface area contributed by atoms with Gasteiger partial charge in [-0.2, -0.15) is 0 Å². The summed E-state index contributed by atoms with van der Waals surface area (Å²) in [4.78, 5) is 0. The molecule has 0 aliphatic carbocycles. The predicted molar refractivity (Wildman–Crippen MR) is 81.2 cm³/mol. The van der Waals surface area contributed by atoms with E-state index in [-0.39, 0.29) is 0 Å². The number of thiocarbonyl (C=S) groups is 1.